The highest BCUT2D eigenvalue weighted by Gasteiger charge is 2.33. The number of hydrogen-bond acceptors (Lipinski definition) is 4. The van der Waals surface area contributed by atoms with E-state index in [1.165, 1.54) is 5.56 Å². The van der Waals surface area contributed by atoms with Crippen molar-refractivity contribution in [2.75, 3.05) is 11.4 Å². The first-order chi connectivity index (χ1) is 27.9. The fourth-order valence-electron chi connectivity index (χ4n) is 8.67. The van der Waals surface area contributed by atoms with E-state index >= 15 is 9.59 Å². The standard InChI is InChI=1S/C49H48N6O3/c1-31-14-10-13-19-44(31)55(45-26-40(28-50)51(5)34(45)4)49(58)41-27-46(52(6)33(41)3)42-24-37-20-21-53(47(56)23-35-15-8-7-9-16-35)29-39(37)25-43(42)48(57)54-30-38-18-12-11-17-36(38)22-32(54)2/h7-19,24-27,32H,20-23,29-30H2,1-6H3. The molecule has 0 spiro atoms. The van der Waals surface area contributed by atoms with E-state index in [-0.39, 0.29) is 23.8 Å². The van der Waals surface area contributed by atoms with Crippen LogP contribution in [0.5, 0.6) is 0 Å². The number of hydrogen-bond donors (Lipinski definition) is 0. The van der Waals surface area contributed by atoms with Crippen molar-refractivity contribution in [3.63, 3.8) is 0 Å². The molecule has 292 valence electrons. The van der Waals surface area contributed by atoms with Crippen LogP contribution >= 0.6 is 0 Å². The minimum Gasteiger partial charge on any atom is -0.347 e. The number of benzene rings is 4. The zero-order chi connectivity index (χ0) is 40.8. The van der Waals surface area contributed by atoms with Crippen molar-refractivity contribution in [1.29, 1.82) is 5.26 Å². The Labute approximate surface area is 340 Å². The summed E-state index contributed by atoms with van der Waals surface area (Å²) in [7, 11) is 3.77. The molecule has 0 radical (unpaired) electrons. The third-order valence-electron chi connectivity index (χ3n) is 12.4. The van der Waals surface area contributed by atoms with Crippen LogP contribution in [0.25, 0.3) is 11.3 Å². The molecule has 4 aromatic carbocycles. The summed E-state index contributed by atoms with van der Waals surface area (Å²) in [5, 5.41) is 9.92. The molecule has 9 heteroatoms. The lowest BCUT2D eigenvalue weighted by Crippen LogP contribution is -2.43. The SMILES string of the molecule is Cc1ccccc1N(C(=O)c1cc(-c2cc3c(cc2C(=O)N2Cc4ccccc4CC2C)CN(C(=O)Cc2ccccc2)CC3)n(C)c1C)c1cc(C#N)n(C)c1C. The molecule has 0 fully saturated rings. The molecule has 2 aliphatic rings. The minimum absolute atomic E-state index is 0.0300. The molecule has 0 saturated heterocycles. The molecular weight excluding hydrogens is 721 g/mol. The van der Waals surface area contributed by atoms with Crippen molar-refractivity contribution in [3.05, 3.63) is 165 Å². The number of amides is 3. The quantitative estimate of drug-likeness (QED) is 0.163. The number of carbonyl (C=O) groups is 3. The lowest BCUT2D eigenvalue weighted by atomic mass is 9.89. The number of para-hydroxylation sites is 1. The molecule has 0 saturated carbocycles. The smallest absolute Gasteiger partial charge is 0.264 e. The molecule has 2 aliphatic heterocycles. The van der Waals surface area contributed by atoms with Crippen LogP contribution < -0.4 is 4.90 Å². The van der Waals surface area contributed by atoms with Gasteiger partial charge in [0.1, 0.15) is 11.8 Å². The van der Waals surface area contributed by atoms with Crippen LogP contribution in [0.1, 0.15) is 78.1 Å². The predicted octanol–water partition coefficient (Wildman–Crippen LogP) is 8.52. The van der Waals surface area contributed by atoms with Crippen LogP contribution in [-0.2, 0) is 51.2 Å². The van der Waals surface area contributed by atoms with E-state index < -0.39 is 0 Å². The summed E-state index contributed by atoms with van der Waals surface area (Å²) >= 11 is 0. The van der Waals surface area contributed by atoms with Gasteiger partial charge < -0.3 is 18.9 Å². The van der Waals surface area contributed by atoms with E-state index in [0.29, 0.717) is 55.0 Å². The van der Waals surface area contributed by atoms with Gasteiger partial charge in [-0.1, -0.05) is 72.8 Å². The molecule has 1 atom stereocenters. The van der Waals surface area contributed by atoms with Gasteiger partial charge in [-0.2, -0.15) is 5.26 Å². The number of anilines is 2. The first-order valence-corrected chi connectivity index (χ1v) is 19.9. The molecule has 8 rings (SSSR count). The first kappa shape index (κ1) is 38.2. The van der Waals surface area contributed by atoms with E-state index in [1.807, 2.05) is 128 Å². The number of rotatable bonds is 7. The van der Waals surface area contributed by atoms with Gasteiger partial charge in [-0.25, -0.2) is 0 Å². The highest BCUT2D eigenvalue weighted by Crippen LogP contribution is 2.39. The maximum atomic E-state index is 15.1. The van der Waals surface area contributed by atoms with Crippen LogP contribution in [0, 0.1) is 32.1 Å². The zero-order valence-electron chi connectivity index (χ0n) is 34.0. The van der Waals surface area contributed by atoms with Crippen molar-refractivity contribution in [1.82, 2.24) is 18.9 Å². The Morgan fingerprint density at radius 2 is 1.45 bits per heavy atom. The maximum Gasteiger partial charge on any atom is 0.264 e. The van der Waals surface area contributed by atoms with Crippen molar-refractivity contribution in [2.24, 2.45) is 14.1 Å². The Morgan fingerprint density at radius 3 is 2.17 bits per heavy atom. The number of fused-ring (bicyclic) bond motifs is 2. The zero-order valence-corrected chi connectivity index (χ0v) is 34.0. The molecule has 0 aliphatic carbocycles. The van der Waals surface area contributed by atoms with E-state index in [2.05, 4.69) is 31.2 Å². The summed E-state index contributed by atoms with van der Waals surface area (Å²) < 4.78 is 3.81. The van der Waals surface area contributed by atoms with Gasteiger partial charge in [-0.05, 0) is 104 Å². The second-order valence-electron chi connectivity index (χ2n) is 15.8. The third-order valence-corrected chi connectivity index (χ3v) is 12.4. The molecule has 0 bridgehead atoms. The topological polar surface area (TPSA) is 94.6 Å². The second-order valence-corrected chi connectivity index (χ2v) is 15.8. The summed E-state index contributed by atoms with van der Waals surface area (Å²) in [4.78, 5) is 49.3. The molecular formula is C49H48N6O3. The van der Waals surface area contributed by atoms with Crippen LogP contribution in [0.3, 0.4) is 0 Å². The summed E-state index contributed by atoms with van der Waals surface area (Å²) in [6.07, 6.45) is 1.73. The van der Waals surface area contributed by atoms with Gasteiger partial charge in [-0.15, -0.1) is 0 Å². The van der Waals surface area contributed by atoms with Gasteiger partial charge >= 0.3 is 0 Å². The number of aromatic nitrogens is 2. The molecule has 6 aromatic rings. The van der Waals surface area contributed by atoms with Gasteiger partial charge in [0.2, 0.25) is 5.91 Å². The highest BCUT2D eigenvalue weighted by molar-refractivity contribution is 6.13. The second kappa shape index (κ2) is 15.4. The summed E-state index contributed by atoms with van der Waals surface area (Å²) in [5.41, 5.74) is 12.3. The highest BCUT2D eigenvalue weighted by atomic mass is 16.2. The average molecular weight is 769 g/mol. The van der Waals surface area contributed by atoms with Gasteiger partial charge in [0.25, 0.3) is 11.8 Å². The maximum absolute atomic E-state index is 15.1. The monoisotopic (exact) mass is 768 g/mol. The largest absolute Gasteiger partial charge is 0.347 e. The van der Waals surface area contributed by atoms with E-state index in [9.17, 15) is 10.1 Å². The first-order valence-electron chi connectivity index (χ1n) is 19.9. The molecule has 2 aromatic heterocycles. The van der Waals surface area contributed by atoms with Crippen LogP contribution in [0.15, 0.2) is 103 Å². The fourth-order valence-corrected chi connectivity index (χ4v) is 8.67. The number of aryl methyl sites for hydroxylation is 1. The van der Waals surface area contributed by atoms with Crippen LogP contribution in [0.4, 0.5) is 11.4 Å². The average Bonchev–Trinajstić information content (AvgIpc) is 3.69. The van der Waals surface area contributed by atoms with Gasteiger partial charge in [0.15, 0.2) is 0 Å². The summed E-state index contributed by atoms with van der Waals surface area (Å²) in [6, 6.07) is 35.9. The normalized spacial score (nSPS) is 14.7. The minimum atomic E-state index is -0.230. The molecule has 4 heterocycles. The molecule has 9 nitrogen and oxygen atoms in total. The molecule has 0 N–H and O–H groups in total. The van der Waals surface area contributed by atoms with Gasteiger partial charge in [-0.3, -0.25) is 19.3 Å². The predicted molar refractivity (Wildman–Crippen MR) is 227 cm³/mol. The Balaban J connectivity index is 1.23. The Morgan fingerprint density at radius 1 is 0.741 bits per heavy atom. The number of nitriles is 1. The van der Waals surface area contributed by atoms with E-state index in [0.717, 1.165) is 62.6 Å². The van der Waals surface area contributed by atoms with Crippen molar-refractivity contribution in [3.8, 4) is 17.3 Å². The fraction of sp³-hybridized carbons (Fsp3) is 0.265. The molecule has 58 heavy (non-hydrogen) atoms. The van der Waals surface area contributed by atoms with Crippen LogP contribution in [-0.4, -0.2) is 49.2 Å². The van der Waals surface area contributed by atoms with Gasteiger partial charge in [0, 0.05) is 68.0 Å². The van der Waals surface area contributed by atoms with Crippen LogP contribution in [0.2, 0.25) is 0 Å². The molecule has 1 unspecified atom stereocenters. The van der Waals surface area contributed by atoms with E-state index in [1.54, 1.807) is 15.5 Å². The van der Waals surface area contributed by atoms with Crippen molar-refractivity contribution >= 4 is 29.1 Å². The summed E-state index contributed by atoms with van der Waals surface area (Å²) in [5.74, 6) is -0.249. The van der Waals surface area contributed by atoms with Crippen molar-refractivity contribution < 1.29 is 14.4 Å². The Hall–Kier alpha value is -6.66. The summed E-state index contributed by atoms with van der Waals surface area (Å²) in [6.45, 7) is 9.42. The third kappa shape index (κ3) is 6.79. The lowest BCUT2D eigenvalue weighted by molar-refractivity contribution is -0.131. The van der Waals surface area contributed by atoms with E-state index in [4.69, 9.17) is 0 Å². The number of carbonyl (C=O) groups excluding carboxylic acids is 3. The van der Waals surface area contributed by atoms with Crippen molar-refractivity contribution in [2.45, 2.75) is 66.1 Å². The molecule has 3 amide bonds. The number of nitrogens with zero attached hydrogens (tertiary/aromatic N) is 6. The Bertz CT molecular complexity index is 2640. The van der Waals surface area contributed by atoms with Gasteiger partial charge in [0.05, 0.1) is 23.4 Å². The Kier molecular flexibility index (Phi) is 10.1. The lowest BCUT2D eigenvalue weighted by Gasteiger charge is -2.36.